The molecule has 1 amide bonds. The number of amides is 1. The molecular weight excluding hydrogens is 248 g/mol. The molecule has 6 nitrogen and oxygen atoms in total. The molecule has 0 radical (unpaired) electrons. The molecule has 17 heavy (non-hydrogen) atoms. The van der Waals surface area contributed by atoms with Gasteiger partial charge in [-0.2, -0.15) is 0 Å². The summed E-state index contributed by atoms with van der Waals surface area (Å²) < 4.78 is 4.98. The van der Waals surface area contributed by atoms with E-state index in [9.17, 15) is 14.9 Å². The normalized spacial score (nSPS) is 19.2. The minimum atomic E-state index is -0.492. The minimum Gasteiger partial charge on any atom is -0.443 e. The lowest BCUT2D eigenvalue weighted by Gasteiger charge is -2.11. The van der Waals surface area contributed by atoms with E-state index in [2.05, 4.69) is 0 Å². The number of ether oxygens (including phenoxy) is 1. The molecule has 1 atom stereocenters. The molecule has 0 saturated carbocycles. The van der Waals surface area contributed by atoms with Gasteiger partial charge in [-0.1, -0.05) is 0 Å². The molecule has 0 bridgehead atoms. The number of cyclic esters (lactones) is 1. The molecule has 1 aromatic rings. The highest BCUT2D eigenvalue weighted by Crippen LogP contribution is 2.24. The van der Waals surface area contributed by atoms with Crippen LogP contribution < -0.4 is 4.90 Å². The van der Waals surface area contributed by atoms with Gasteiger partial charge in [-0.05, 0) is 12.1 Å². The Morgan fingerprint density at radius 2 is 2.12 bits per heavy atom. The van der Waals surface area contributed by atoms with E-state index < -0.39 is 11.0 Å². The molecule has 0 N–H and O–H groups in total. The van der Waals surface area contributed by atoms with Gasteiger partial charge in [0.15, 0.2) is 0 Å². The molecule has 1 aliphatic rings. The van der Waals surface area contributed by atoms with Gasteiger partial charge in [-0.25, -0.2) is 4.79 Å². The second-order valence-corrected chi connectivity index (χ2v) is 3.85. The molecule has 1 aromatic carbocycles. The first-order chi connectivity index (χ1) is 8.11. The van der Waals surface area contributed by atoms with Crippen molar-refractivity contribution in [3.63, 3.8) is 0 Å². The summed E-state index contributed by atoms with van der Waals surface area (Å²) in [6, 6.07) is 5.71. The van der Waals surface area contributed by atoms with Crippen molar-refractivity contribution in [1.29, 1.82) is 0 Å². The Kier molecular flexibility index (Phi) is 3.14. The van der Waals surface area contributed by atoms with Crippen LogP contribution in [0.3, 0.4) is 0 Å². The number of hydrogen-bond donors (Lipinski definition) is 0. The van der Waals surface area contributed by atoms with E-state index in [0.717, 1.165) is 0 Å². The SMILES string of the molecule is O=C1O[C@H](CCl)CN1c1ccc([N+](=O)[O-])cc1. The fraction of sp³-hybridized carbons (Fsp3) is 0.300. The smallest absolute Gasteiger partial charge is 0.414 e. The monoisotopic (exact) mass is 256 g/mol. The van der Waals surface area contributed by atoms with Crippen molar-refractivity contribution < 1.29 is 14.5 Å². The maximum atomic E-state index is 11.5. The van der Waals surface area contributed by atoms with Crippen LogP contribution in [0.2, 0.25) is 0 Å². The topological polar surface area (TPSA) is 72.7 Å². The van der Waals surface area contributed by atoms with E-state index in [-0.39, 0.29) is 17.7 Å². The minimum absolute atomic E-state index is 0.0183. The van der Waals surface area contributed by atoms with Crippen LogP contribution in [0.15, 0.2) is 24.3 Å². The zero-order valence-corrected chi connectivity index (χ0v) is 9.46. The number of carbonyl (C=O) groups is 1. The molecule has 1 fully saturated rings. The van der Waals surface area contributed by atoms with Crippen LogP contribution in [0.25, 0.3) is 0 Å². The highest BCUT2D eigenvalue weighted by Gasteiger charge is 2.31. The second kappa shape index (κ2) is 4.58. The Balaban J connectivity index is 2.18. The molecule has 90 valence electrons. The van der Waals surface area contributed by atoms with E-state index in [1.807, 2.05) is 0 Å². The van der Waals surface area contributed by atoms with Crippen molar-refractivity contribution in [1.82, 2.24) is 0 Å². The van der Waals surface area contributed by atoms with Crippen LogP contribution in [-0.4, -0.2) is 29.5 Å². The number of carbonyl (C=O) groups excluding carboxylic acids is 1. The third kappa shape index (κ3) is 2.31. The number of anilines is 1. The molecule has 0 aromatic heterocycles. The number of halogens is 1. The van der Waals surface area contributed by atoms with Crippen LogP contribution in [0.1, 0.15) is 0 Å². The van der Waals surface area contributed by atoms with E-state index in [0.29, 0.717) is 12.2 Å². The number of nitro groups is 1. The quantitative estimate of drug-likeness (QED) is 0.472. The zero-order valence-electron chi connectivity index (χ0n) is 8.71. The van der Waals surface area contributed by atoms with E-state index in [1.165, 1.54) is 29.2 Å². The van der Waals surface area contributed by atoms with Gasteiger partial charge in [0.1, 0.15) is 6.10 Å². The number of alkyl halides is 1. The second-order valence-electron chi connectivity index (χ2n) is 3.54. The lowest BCUT2D eigenvalue weighted by molar-refractivity contribution is -0.384. The summed E-state index contributed by atoms with van der Waals surface area (Å²) in [7, 11) is 0. The largest absolute Gasteiger partial charge is 0.443 e. The summed E-state index contributed by atoms with van der Waals surface area (Å²) in [5.41, 5.74) is 0.545. The van der Waals surface area contributed by atoms with E-state index in [4.69, 9.17) is 16.3 Å². The summed E-state index contributed by atoms with van der Waals surface area (Å²) in [6.45, 7) is 0.361. The molecule has 7 heteroatoms. The number of hydrogen-bond acceptors (Lipinski definition) is 4. The summed E-state index contributed by atoms with van der Waals surface area (Å²) >= 11 is 5.60. The molecular formula is C10H9ClN2O4. The molecule has 2 rings (SSSR count). The molecule has 1 aliphatic heterocycles. The molecule has 1 saturated heterocycles. The molecule has 1 heterocycles. The maximum absolute atomic E-state index is 11.5. The Morgan fingerprint density at radius 1 is 1.47 bits per heavy atom. The number of non-ortho nitro benzene ring substituents is 1. The summed E-state index contributed by atoms with van der Waals surface area (Å²) in [5.74, 6) is 0.231. The standard InChI is InChI=1S/C10H9ClN2O4/c11-5-9-6-12(10(14)17-9)7-1-3-8(4-2-7)13(15)16/h1-4,9H,5-6H2/t9-/m1/s1. The van der Waals surface area contributed by atoms with Crippen LogP contribution in [0, 0.1) is 10.1 Å². The zero-order chi connectivity index (χ0) is 12.4. The van der Waals surface area contributed by atoms with Gasteiger partial charge in [-0.3, -0.25) is 15.0 Å². The van der Waals surface area contributed by atoms with Crippen LogP contribution >= 0.6 is 11.6 Å². The van der Waals surface area contributed by atoms with Gasteiger partial charge in [0.2, 0.25) is 0 Å². The van der Waals surface area contributed by atoms with Crippen LogP contribution in [0.4, 0.5) is 16.2 Å². The number of benzene rings is 1. The molecule has 0 aliphatic carbocycles. The maximum Gasteiger partial charge on any atom is 0.414 e. The van der Waals surface area contributed by atoms with Crippen LogP contribution in [-0.2, 0) is 4.74 Å². The summed E-state index contributed by atoms with van der Waals surface area (Å²) in [5, 5.41) is 10.5. The fourth-order valence-electron chi connectivity index (χ4n) is 1.57. The van der Waals surface area contributed by atoms with Crippen molar-refractivity contribution in [3.8, 4) is 0 Å². The lowest BCUT2D eigenvalue weighted by atomic mass is 10.2. The van der Waals surface area contributed by atoms with Gasteiger partial charge < -0.3 is 4.74 Å². The van der Waals surface area contributed by atoms with Gasteiger partial charge >= 0.3 is 6.09 Å². The first-order valence-electron chi connectivity index (χ1n) is 4.90. The molecule has 0 unspecified atom stereocenters. The average molecular weight is 257 g/mol. The third-order valence-corrected chi connectivity index (χ3v) is 2.76. The van der Waals surface area contributed by atoms with Gasteiger partial charge in [0.05, 0.1) is 17.3 Å². The average Bonchev–Trinajstić information content (AvgIpc) is 2.71. The molecule has 0 spiro atoms. The number of nitrogens with zero attached hydrogens (tertiary/aromatic N) is 2. The van der Waals surface area contributed by atoms with E-state index >= 15 is 0 Å². The Bertz CT molecular complexity index is 448. The van der Waals surface area contributed by atoms with Crippen molar-refractivity contribution in [2.45, 2.75) is 6.10 Å². The lowest BCUT2D eigenvalue weighted by Crippen LogP contribution is -2.24. The van der Waals surface area contributed by atoms with Crippen molar-refractivity contribution >= 4 is 29.1 Å². The van der Waals surface area contributed by atoms with Gasteiger partial charge in [-0.15, -0.1) is 11.6 Å². The van der Waals surface area contributed by atoms with Crippen molar-refractivity contribution in [2.75, 3.05) is 17.3 Å². The Morgan fingerprint density at radius 3 is 2.59 bits per heavy atom. The first kappa shape index (κ1) is 11.7. The van der Waals surface area contributed by atoms with Crippen molar-refractivity contribution in [2.24, 2.45) is 0 Å². The Hall–Kier alpha value is -1.82. The fourth-order valence-corrected chi connectivity index (χ4v) is 1.73. The Labute approximate surface area is 102 Å². The first-order valence-corrected chi connectivity index (χ1v) is 5.44. The van der Waals surface area contributed by atoms with E-state index in [1.54, 1.807) is 0 Å². The van der Waals surface area contributed by atoms with Gasteiger partial charge in [0, 0.05) is 17.8 Å². The predicted molar refractivity (Wildman–Crippen MR) is 61.4 cm³/mol. The predicted octanol–water partition coefficient (Wildman–Crippen LogP) is 2.16. The summed E-state index contributed by atoms with van der Waals surface area (Å²) in [6.07, 6.45) is -0.816. The third-order valence-electron chi connectivity index (χ3n) is 2.42. The van der Waals surface area contributed by atoms with Crippen molar-refractivity contribution in [3.05, 3.63) is 34.4 Å². The van der Waals surface area contributed by atoms with Crippen LogP contribution in [0.5, 0.6) is 0 Å². The highest BCUT2D eigenvalue weighted by molar-refractivity contribution is 6.18. The highest BCUT2D eigenvalue weighted by atomic mass is 35.5. The van der Waals surface area contributed by atoms with Gasteiger partial charge in [0.25, 0.3) is 5.69 Å². The summed E-state index contributed by atoms with van der Waals surface area (Å²) in [4.78, 5) is 22.9. The number of nitro benzene ring substituents is 1. The number of rotatable bonds is 3.